The molecule has 0 radical (unpaired) electrons. The zero-order chi connectivity index (χ0) is 13.4. The van der Waals surface area contributed by atoms with Crippen LogP contribution in [0.2, 0.25) is 0 Å². The van der Waals surface area contributed by atoms with Crippen molar-refractivity contribution in [3.63, 3.8) is 0 Å². The number of fused-ring (bicyclic) bond motifs is 1. The maximum atomic E-state index is 13.1. The van der Waals surface area contributed by atoms with Gasteiger partial charge < -0.3 is 5.73 Å². The molecule has 2 heterocycles. The van der Waals surface area contributed by atoms with Gasteiger partial charge in [-0.15, -0.1) is 12.4 Å². The Hall–Kier alpha value is -2.47. The monoisotopic (exact) mass is 291 g/mol. The number of nitrogens with zero attached hydrogens (tertiary/aromatic N) is 3. The van der Waals surface area contributed by atoms with Gasteiger partial charge in [0.1, 0.15) is 17.3 Å². The molecule has 0 bridgehead atoms. The molecule has 3 aromatic rings. The van der Waals surface area contributed by atoms with Gasteiger partial charge in [0.2, 0.25) is 5.95 Å². The minimum atomic E-state index is -0.288. The summed E-state index contributed by atoms with van der Waals surface area (Å²) in [4.78, 5) is 8.28. The Morgan fingerprint density at radius 3 is 2.70 bits per heavy atom. The van der Waals surface area contributed by atoms with Gasteiger partial charge in [-0.25, -0.2) is 14.4 Å². The van der Waals surface area contributed by atoms with Crippen LogP contribution in [0, 0.1) is 11.2 Å². The highest BCUT2D eigenvalue weighted by Gasteiger charge is 2.06. The third-order valence-corrected chi connectivity index (χ3v) is 2.75. The number of hydrogen-bond donors (Lipinski definition) is 2. The summed E-state index contributed by atoms with van der Waals surface area (Å²) in [6.45, 7) is 0. The number of aromatic nitrogens is 3. The first-order valence-corrected chi connectivity index (χ1v) is 5.58. The van der Waals surface area contributed by atoms with E-state index in [0.717, 1.165) is 10.8 Å². The molecule has 1 aromatic carbocycles. The van der Waals surface area contributed by atoms with Crippen molar-refractivity contribution in [3.8, 4) is 5.95 Å². The molecule has 3 N–H and O–H groups in total. The number of nitrogens with one attached hydrogen (secondary N) is 1. The number of benzene rings is 1. The third kappa shape index (κ3) is 2.46. The zero-order valence-corrected chi connectivity index (χ0v) is 11.1. The van der Waals surface area contributed by atoms with Crippen LogP contribution in [-0.2, 0) is 0 Å². The van der Waals surface area contributed by atoms with Gasteiger partial charge in [0, 0.05) is 29.4 Å². The third-order valence-electron chi connectivity index (χ3n) is 2.75. The standard InChI is InChI=1S/C13H10FN5.ClH/c14-10-2-1-8-6-19(7-9(8)5-10)13-17-4-3-11(18-13)12(15)16;/h1-7H,(H3,15,16);1H. The molecule has 0 saturated heterocycles. The molecule has 0 unspecified atom stereocenters. The van der Waals surface area contributed by atoms with E-state index < -0.39 is 0 Å². The van der Waals surface area contributed by atoms with E-state index in [4.69, 9.17) is 11.1 Å². The van der Waals surface area contributed by atoms with Crippen LogP contribution >= 0.6 is 12.4 Å². The van der Waals surface area contributed by atoms with Crippen LogP contribution in [0.3, 0.4) is 0 Å². The summed E-state index contributed by atoms with van der Waals surface area (Å²) in [7, 11) is 0. The molecule has 7 heteroatoms. The Morgan fingerprint density at radius 1 is 1.20 bits per heavy atom. The van der Waals surface area contributed by atoms with Crippen molar-refractivity contribution in [3.05, 3.63) is 54.4 Å². The van der Waals surface area contributed by atoms with E-state index >= 15 is 0 Å². The highest BCUT2D eigenvalue weighted by molar-refractivity contribution is 5.93. The van der Waals surface area contributed by atoms with E-state index in [9.17, 15) is 4.39 Å². The molecule has 0 saturated carbocycles. The lowest BCUT2D eigenvalue weighted by Crippen LogP contribution is -2.14. The summed E-state index contributed by atoms with van der Waals surface area (Å²) in [5.41, 5.74) is 5.75. The molecule has 20 heavy (non-hydrogen) atoms. The number of halogens is 2. The maximum absolute atomic E-state index is 13.1. The SMILES string of the molecule is Cl.N=C(N)c1ccnc(-n2cc3ccc(F)cc3c2)n1. The van der Waals surface area contributed by atoms with E-state index in [1.807, 2.05) is 0 Å². The Labute approximate surface area is 120 Å². The molecule has 0 spiro atoms. The van der Waals surface area contributed by atoms with Gasteiger partial charge in [-0.1, -0.05) is 0 Å². The van der Waals surface area contributed by atoms with Crippen molar-refractivity contribution in [1.29, 1.82) is 5.41 Å². The predicted molar refractivity (Wildman–Crippen MR) is 77.1 cm³/mol. The molecule has 0 fully saturated rings. The van der Waals surface area contributed by atoms with Crippen LogP contribution in [0.25, 0.3) is 16.7 Å². The van der Waals surface area contributed by atoms with Crippen molar-refractivity contribution in [2.45, 2.75) is 0 Å². The van der Waals surface area contributed by atoms with E-state index in [1.165, 1.54) is 18.3 Å². The fourth-order valence-electron chi connectivity index (χ4n) is 1.85. The van der Waals surface area contributed by atoms with E-state index in [2.05, 4.69) is 9.97 Å². The summed E-state index contributed by atoms with van der Waals surface area (Å²) < 4.78 is 14.8. The minimum Gasteiger partial charge on any atom is -0.382 e. The summed E-state index contributed by atoms with van der Waals surface area (Å²) in [6, 6.07) is 6.10. The van der Waals surface area contributed by atoms with Crippen molar-refractivity contribution >= 4 is 29.0 Å². The molecule has 0 aliphatic carbocycles. The normalized spacial score (nSPS) is 10.2. The molecule has 5 nitrogen and oxygen atoms in total. The van der Waals surface area contributed by atoms with Crippen LogP contribution in [0.5, 0.6) is 0 Å². The van der Waals surface area contributed by atoms with Crippen LogP contribution < -0.4 is 5.73 Å². The predicted octanol–water partition coefficient (Wildman–Crippen LogP) is 2.27. The van der Waals surface area contributed by atoms with Crippen LogP contribution in [-0.4, -0.2) is 20.4 Å². The number of hydrogen-bond acceptors (Lipinski definition) is 3. The summed E-state index contributed by atoms with van der Waals surface area (Å²) in [5.74, 6) is -0.0145. The fraction of sp³-hybridized carbons (Fsp3) is 0. The highest BCUT2D eigenvalue weighted by atomic mass is 35.5. The first-order chi connectivity index (χ1) is 9.13. The quantitative estimate of drug-likeness (QED) is 0.561. The second-order valence-corrected chi connectivity index (χ2v) is 4.09. The van der Waals surface area contributed by atoms with Crippen LogP contribution in [0.4, 0.5) is 4.39 Å². The van der Waals surface area contributed by atoms with Gasteiger partial charge >= 0.3 is 0 Å². The maximum Gasteiger partial charge on any atom is 0.234 e. The average molecular weight is 292 g/mol. The Morgan fingerprint density at radius 2 is 1.95 bits per heavy atom. The minimum absolute atomic E-state index is 0. The van der Waals surface area contributed by atoms with E-state index in [0.29, 0.717) is 11.6 Å². The molecule has 102 valence electrons. The molecule has 0 aliphatic rings. The van der Waals surface area contributed by atoms with Crippen molar-refractivity contribution in [1.82, 2.24) is 14.5 Å². The van der Waals surface area contributed by atoms with Crippen molar-refractivity contribution in [2.24, 2.45) is 5.73 Å². The van der Waals surface area contributed by atoms with Gasteiger partial charge in [0.25, 0.3) is 0 Å². The molecule has 0 aliphatic heterocycles. The second kappa shape index (κ2) is 5.26. The van der Waals surface area contributed by atoms with E-state index in [-0.39, 0.29) is 24.1 Å². The topological polar surface area (TPSA) is 80.6 Å². The van der Waals surface area contributed by atoms with Gasteiger partial charge in [0.05, 0.1) is 0 Å². The number of nitrogens with two attached hydrogens (primary N) is 1. The molecular formula is C13H11ClFN5. The van der Waals surface area contributed by atoms with Crippen molar-refractivity contribution in [2.75, 3.05) is 0 Å². The van der Waals surface area contributed by atoms with Gasteiger partial charge in [0.15, 0.2) is 0 Å². The zero-order valence-electron chi connectivity index (χ0n) is 10.2. The Bertz CT molecular complexity index is 783. The number of amidine groups is 1. The van der Waals surface area contributed by atoms with Crippen molar-refractivity contribution < 1.29 is 4.39 Å². The largest absolute Gasteiger partial charge is 0.382 e. The van der Waals surface area contributed by atoms with Gasteiger partial charge in [-0.05, 0) is 24.3 Å². The molecule has 0 atom stereocenters. The number of rotatable bonds is 2. The lowest BCUT2D eigenvalue weighted by Gasteiger charge is -2.02. The van der Waals surface area contributed by atoms with Gasteiger partial charge in [-0.2, -0.15) is 0 Å². The second-order valence-electron chi connectivity index (χ2n) is 4.09. The summed E-state index contributed by atoms with van der Waals surface area (Å²) in [6.07, 6.45) is 5.07. The lowest BCUT2D eigenvalue weighted by molar-refractivity contribution is 0.630. The average Bonchev–Trinajstić information content (AvgIpc) is 2.81. The van der Waals surface area contributed by atoms with E-state index in [1.54, 1.807) is 29.1 Å². The van der Waals surface area contributed by atoms with Gasteiger partial charge in [-0.3, -0.25) is 9.98 Å². The number of nitrogen functional groups attached to an aromatic ring is 1. The lowest BCUT2D eigenvalue weighted by atomic mass is 10.2. The summed E-state index contributed by atoms with van der Waals surface area (Å²) in [5, 5.41) is 9.01. The van der Waals surface area contributed by atoms with Crippen LogP contribution in [0.1, 0.15) is 5.69 Å². The smallest absolute Gasteiger partial charge is 0.234 e. The Balaban J connectivity index is 0.00000147. The Kier molecular flexibility index (Phi) is 3.67. The first-order valence-electron chi connectivity index (χ1n) is 5.58. The van der Waals surface area contributed by atoms with Crippen LogP contribution in [0.15, 0.2) is 42.9 Å². The highest BCUT2D eigenvalue weighted by Crippen LogP contribution is 2.18. The summed E-state index contributed by atoms with van der Waals surface area (Å²) >= 11 is 0. The molecular weight excluding hydrogens is 281 g/mol. The molecule has 3 rings (SSSR count). The molecule has 2 aromatic heterocycles. The molecule has 0 amide bonds. The fourth-order valence-corrected chi connectivity index (χ4v) is 1.85. The first kappa shape index (κ1) is 14.0.